The normalized spacial score (nSPS) is 27.4. The molecule has 0 radical (unpaired) electrons. The van der Waals surface area contributed by atoms with Gasteiger partial charge in [0.05, 0.1) is 12.7 Å². The van der Waals surface area contributed by atoms with Crippen LogP contribution in [0.4, 0.5) is 0 Å². The smallest absolute Gasteiger partial charge is 0.124 e. The van der Waals surface area contributed by atoms with Crippen LogP contribution >= 0.6 is 0 Å². The van der Waals surface area contributed by atoms with E-state index < -0.39 is 5.60 Å². The Balaban J connectivity index is 2.28. The van der Waals surface area contributed by atoms with Crippen molar-refractivity contribution in [3.63, 3.8) is 0 Å². The van der Waals surface area contributed by atoms with Crippen LogP contribution in [0.5, 0.6) is 5.75 Å². The van der Waals surface area contributed by atoms with E-state index in [1.807, 2.05) is 12.1 Å². The van der Waals surface area contributed by atoms with Crippen LogP contribution in [0.2, 0.25) is 0 Å². The number of rotatable bonds is 3. The second kappa shape index (κ2) is 6.17. The largest absolute Gasteiger partial charge is 0.496 e. The molecule has 2 atom stereocenters. The van der Waals surface area contributed by atoms with E-state index in [1.165, 1.54) is 12.0 Å². The van der Waals surface area contributed by atoms with Crippen molar-refractivity contribution >= 4 is 0 Å². The Hall–Kier alpha value is -1.02. The van der Waals surface area contributed by atoms with Crippen molar-refractivity contribution in [3.8, 4) is 5.75 Å². The van der Waals surface area contributed by atoms with Gasteiger partial charge in [0, 0.05) is 5.56 Å². The standard InChI is InChI=1S/C18H28O2/c1-13(2)15-6-5-10-18(19,11-9-15)16-12-14(3)7-8-17(16)20-4/h7-8,12-13,15,19H,5-6,9-11H2,1-4H3. The van der Waals surface area contributed by atoms with Crippen molar-refractivity contribution in [2.45, 2.75) is 58.5 Å². The van der Waals surface area contributed by atoms with Crippen molar-refractivity contribution in [1.29, 1.82) is 0 Å². The maximum Gasteiger partial charge on any atom is 0.124 e. The van der Waals surface area contributed by atoms with Crippen LogP contribution in [0.25, 0.3) is 0 Å². The molecule has 1 fully saturated rings. The Kier molecular flexibility index (Phi) is 4.74. The molecule has 0 aromatic heterocycles. The van der Waals surface area contributed by atoms with E-state index in [0.717, 1.165) is 42.9 Å². The molecule has 1 aliphatic rings. The van der Waals surface area contributed by atoms with Crippen LogP contribution in [-0.2, 0) is 5.60 Å². The molecule has 2 rings (SSSR count). The van der Waals surface area contributed by atoms with Gasteiger partial charge in [-0.3, -0.25) is 0 Å². The molecule has 1 saturated carbocycles. The molecule has 1 aliphatic carbocycles. The number of aryl methyl sites for hydroxylation is 1. The van der Waals surface area contributed by atoms with E-state index in [4.69, 9.17) is 4.74 Å². The van der Waals surface area contributed by atoms with E-state index in [2.05, 4.69) is 26.8 Å². The zero-order valence-electron chi connectivity index (χ0n) is 13.3. The molecular weight excluding hydrogens is 248 g/mol. The Bertz CT molecular complexity index is 453. The lowest BCUT2D eigenvalue weighted by molar-refractivity contribution is 0.0168. The maximum absolute atomic E-state index is 11.2. The third kappa shape index (κ3) is 3.17. The van der Waals surface area contributed by atoms with Crippen LogP contribution in [0.1, 0.15) is 57.1 Å². The fraction of sp³-hybridized carbons (Fsp3) is 0.667. The van der Waals surface area contributed by atoms with Crippen molar-refractivity contribution < 1.29 is 9.84 Å². The Morgan fingerprint density at radius 1 is 1.25 bits per heavy atom. The highest BCUT2D eigenvalue weighted by Gasteiger charge is 2.35. The van der Waals surface area contributed by atoms with E-state index in [-0.39, 0.29) is 0 Å². The minimum absolute atomic E-state index is 0.705. The van der Waals surface area contributed by atoms with Gasteiger partial charge in [-0.2, -0.15) is 0 Å². The number of methoxy groups -OCH3 is 1. The van der Waals surface area contributed by atoms with Gasteiger partial charge in [0.2, 0.25) is 0 Å². The molecule has 0 saturated heterocycles. The van der Waals surface area contributed by atoms with Gasteiger partial charge in [-0.25, -0.2) is 0 Å². The lowest BCUT2D eigenvalue weighted by Gasteiger charge is -2.29. The van der Waals surface area contributed by atoms with Crippen LogP contribution < -0.4 is 4.74 Å². The van der Waals surface area contributed by atoms with Crippen molar-refractivity contribution in [2.24, 2.45) is 11.8 Å². The number of benzene rings is 1. The highest BCUT2D eigenvalue weighted by molar-refractivity contribution is 5.41. The molecular formula is C18H28O2. The first-order valence-corrected chi connectivity index (χ1v) is 7.84. The fourth-order valence-corrected chi connectivity index (χ4v) is 3.47. The van der Waals surface area contributed by atoms with E-state index >= 15 is 0 Å². The monoisotopic (exact) mass is 276 g/mol. The summed E-state index contributed by atoms with van der Waals surface area (Å²) in [5, 5.41) is 11.2. The summed E-state index contributed by atoms with van der Waals surface area (Å²) in [5.74, 6) is 2.26. The topological polar surface area (TPSA) is 29.5 Å². The molecule has 1 N–H and O–H groups in total. The molecule has 1 aromatic carbocycles. The lowest BCUT2D eigenvalue weighted by atomic mass is 9.83. The quantitative estimate of drug-likeness (QED) is 0.828. The summed E-state index contributed by atoms with van der Waals surface area (Å²) in [6.07, 6.45) is 5.11. The molecule has 0 spiro atoms. The van der Waals surface area contributed by atoms with Gasteiger partial charge in [-0.1, -0.05) is 31.9 Å². The van der Waals surface area contributed by atoms with Crippen LogP contribution in [0.3, 0.4) is 0 Å². The zero-order chi connectivity index (χ0) is 14.8. The Morgan fingerprint density at radius 2 is 2.00 bits per heavy atom. The van der Waals surface area contributed by atoms with Gasteiger partial charge in [0.1, 0.15) is 5.75 Å². The molecule has 0 heterocycles. The van der Waals surface area contributed by atoms with E-state index in [9.17, 15) is 5.11 Å². The molecule has 1 aromatic rings. The Labute approximate surface area is 123 Å². The highest BCUT2D eigenvalue weighted by atomic mass is 16.5. The summed E-state index contributed by atoms with van der Waals surface area (Å²) in [7, 11) is 1.69. The second-order valence-electron chi connectivity index (χ2n) is 6.67. The first-order chi connectivity index (χ1) is 9.46. The summed E-state index contributed by atoms with van der Waals surface area (Å²) in [4.78, 5) is 0. The van der Waals surface area contributed by atoms with E-state index in [1.54, 1.807) is 7.11 Å². The summed E-state index contributed by atoms with van der Waals surface area (Å²) < 4.78 is 5.47. The summed E-state index contributed by atoms with van der Waals surface area (Å²) in [6, 6.07) is 6.11. The Morgan fingerprint density at radius 3 is 2.65 bits per heavy atom. The lowest BCUT2D eigenvalue weighted by Crippen LogP contribution is -2.26. The van der Waals surface area contributed by atoms with Gasteiger partial charge in [-0.15, -0.1) is 0 Å². The van der Waals surface area contributed by atoms with Crippen LogP contribution in [-0.4, -0.2) is 12.2 Å². The van der Waals surface area contributed by atoms with Gasteiger partial charge in [0.15, 0.2) is 0 Å². The third-order valence-electron chi connectivity index (χ3n) is 4.89. The molecule has 2 unspecified atom stereocenters. The SMILES string of the molecule is COc1ccc(C)cc1C1(O)CCCC(C(C)C)CC1. The number of hydrogen-bond donors (Lipinski definition) is 1. The molecule has 0 amide bonds. The van der Waals surface area contributed by atoms with Gasteiger partial charge in [0.25, 0.3) is 0 Å². The average molecular weight is 276 g/mol. The van der Waals surface area contributed by atoms with Crippen molar-refractivity contribution in [2.75, 3.05) is 7.11 Å². The number of ether oxygens (including phenoxy) is 1. The van der Waals surface area contributed by atoms with Gasteiger partial charge < -0.3 is 9.84 Å². The second-order valence-corrected chi connectivity index (χ2v) is 6.67. The molecule has 2 nitrogen and oxygen atoms in total. The fourth-order valence-electron chi connectivity index (χ4n) is 3.47. The summed E-state index contributed by atoms with van der Waals surface area (Å²) in [5.41, 5.74) is 1.43. The van der Waals surface area contributed by atoms with E-state index in [0.29, 0.717) is 5.92 Å². The zero-order valence-corrected chi connectivity index (χ0v) is 13.3. The van der Waals surface area contributed by atoms with Crippen molar-refractivity contribution in [1.82, 2.24) is 0 Å². The van der Waals surface area contributed by atoms with Gasteiger partial charge in [-0.05, 0) is 56.6 Å². The van der Waals surface area contributed by atoms with Crippen LogP contribution in [0, 0.1) is 18.8 Å². The molecule has 20 heavy (non-hydrogen) atoms. The minimum Gasteiger partial charge on any atom is -0.496 e. The minimum atomic E-state index is -0.721. The van der Waals surface area contributed by atoms with Gasteiger partial charge >= 0.3 is 0 Å². The molecule has 112 valence electrons. The predicted molar refractivity (Wildman–Crippen MR) is 83.0 cm³/mol. The average Bonchev–Trinajstić information content (AvgIpc) is 2.62. The molecule has 2 heteroatoms. The molecule has 0 aliphatic heterocycles. The molecule has 0 bridgehead atoms. The third-order valence-corrected chi connectivity index (χ3v) is 4.89. The van der Waals surface area contributed by atoms with Crippen LogP contribution in [0.15, 0.2) is 18.2 Å². The summed E-state index contributed by atoms with van der Waals surface area (Å²) >= 11 is 0. The summed E-state index contributed by atoms with van der Waals surface area (Å²) in [6.45, 7) is 6.66. The number of hydrogen-bond acceptors (Lipinski definition) is 2. The predicted octanol–water partition coefficient (Wildman–Crippen LogP) is 4.43. The first-order valence-electron chi connectivity index (χ1n) is 7.84. The highest BCUT2D eigenvalue weighted by Crippen LogP contribution is 2.43. The first kappa shape index (κ1) is 15.4. The number of aliphatic hydroxyl groups is 1. The maximum atomic E-state index is 11.2. The van der Waals surface area contributed by atoms with Crippen molar-refractivity contribution in [3.05, 3.63) is 29.3 Å².